The lowest BCUT2D eigenvalue weighted by Gasteiger charge is -2.18. The summed E-state index contributed by atoms with van der Waals surface area (Å²) in [7, 11) is 4.44. The molecule has 0 bridgehead atoms. The number of hydrogen-bond donors (Lipinski definition) is 1. The van der Waals surface area contributed by atoms with Gasteiger partial charge < -0.3 is 28.6 Å². The fraction of sp³-hybridized carbons (Fsp3) is 0.250. The summed E-state index contributed by atoms with van der Waals surface area (Å²) < 4.78 is 23.1. The number of benzene rings is 2. The third-order valence-electron chi connectivity index (χ3n) is 5.60. The monoisotopic (exact) mass is 437 g/mol. The zero-order valence-corrected chi connectivity index (χ0v) is 18.2. The van der Waals surface area contributed by atoms with Crippen molar-refractivity contribution in [1.29, 1.82) is 0 Å². The fourth-order valence-electron chi connectivity index (χ4n) is 4.03. The van der Waals surface area contributed by atoms with E-state index in [1.165, 1.54) is 24.9 Å². The standard InChI is InChI=1S/C24H23NO7/c1-13-11-16(26)20(23(27)25(13)12-14-7-5-6-8-17(14)29-2)21-15-9-10-18(30-3)22(31-4)19(15)24(28)32-21/h5-11,21,26H,12H2,1-4H3. The number of aryl methyl sites for hydroxylation is 1. The summed E-state index contributed by atoms with van der Waals surface area (Å²) in [4.78, 5) is 26.2. The van der Waals surface area contributed by atoms with E-state index in [9.17, 15) is 14.7 Å². The minimum absolute atomic E-state index is 0.0233. The predicted molar refractivity (Wildman–Crippen MR) is 116 cm³/mol. The molecular formula is C24H23NO7. The Balaban J connectivity index is 1.86. The minimum Gasteiger partial charge on any atom is -0.507 e. The quantitative estimate of drug-likeness (QED) is 0.592. The van der Waals surface area contributed by atoms with Crippen LogP contribution in [0.4, 0.5) is 0 Å². The summed E-state index contributed by atoms with van der Waals surface area (Å²) in [5, 5.41) is 10.7. The molecule has 1 aliphatic heterocycles. The van der Waals surface area contributed by atoms with Crippen LogP contribution in [0.15, 0.2) is 47.3 Å². The number of para-hydroxylation sites is 1. The maximum atomic E-state index is 13.5. The van der Waals surface area contributed by atoms with Crippen LogP contribution in [0.2, 0.25) is 0 Å². The van der Waals surface area contributed by atoms with Gasteiger partial charge >= 0.3 is 5.97 Å². The number of aromatic nitrogens is 1. The number of pyridine rings is 1. The van der Waals surface area contributed by atoms with Crippen LogP contribution in [-0.4, -0.2) is 37.0 Å². The van der Waals surface area contributed by atoms with Crippen LogP contribution >= 0.6 is 0 Å². The van der Waals surface area contributed by atoms with Crippen LogP contribution in [0.1, 0.15) is 38.8 Å². The number of aromatic hydroxyl groups is 1. The zero-order chi connectivity index (χ0) is 23.0. The van der Waals surface area contributed by atoms with Crippen molar-refractivity contribution >= 4 is 5.97 Å². The third kappa shape index (κ3) is 3.33. The van der Waals surface area contributed by atoms with Crippen LogP contribution in [0.3, 0.4) is 0 Å². The first-order valence-electron chi connectivity index (χ1n) is 9.92. The van der Waals surface area contributed by atoms with Crippen LogP contribution in [-0.2, 0) is 11.3 Å². The first-order chi connectivity index (χ1) is 15.4. The fourth-order valence-corrected chi connectivity index (χ4v) is 4.03. The highest BCUT2D eigenvalue weighted by atomic mass is 16.6. The van der Waals surface area contributed by atoms with E-state index < -0.39 is 17.6 Å². The molecule has 0 spiro atoms. The average molecular weight is 437 g/mol. The van der Waals surface area contributed by atoms with Gasteiger partial charge in [-0.2, -0.15) is 0 Å². The molecule has 2 aromatic carbocycles. The molecule has 1 aromatic heterocycles. The number of ether oxygens (including phenoxy) is 4. The van der Waals surface area contributed by atoms with E-state index in [0.717, 1.165) is 5.56 Å². The van der Waals surface area contributed by atoms with Crippen LogP contribution in [0.25, 0.3) is 0 Å². The SMILES string of the molecule is COc1ccccc1Cn1c(C)cc(O)c(C2OC(=O)c3c2ccc(OC)c3OC)c1=O. The molecule has 3 aromatic rings. The molecule has 0 aliphatic carbocycles. The van der Waals surface area contributed by atoms with Gasteiger partial charge in [0, 0.05) is 16.8 Å². The molecular weight excluding hydrogens is 414 g/mol. The molecule has 1 aliphatic rings. The highest BCUT2D eigenvalue weighted by Crippen LogP contribution is 2.45. The molecule has 1 atom stereocenters. The van der Waals surface area contributed by atoms with Gasteiger partial charge in [0.1, 0.15) is 22.6 Å². The van der Waals surface area contributed by atoms with Gasteiger partial charge in [0.05, 0.1) is 27.9 Å². The Morgan fingerprint density at radius 3 is 2.41 bits per heavy atom. The van der Waals surface area contributed by atoms with Crippen molar-refractivity contribution in [1.82, 2.24) is 4.57 Å². The van der Waals surface area contributed by atoms with E-state index in [2.05, 4.69) is 0 Å². The summed E-state index contributed by atoms with van der Waals surface area (Å²) in [6, 6.07) is 12.1. The van der Waals surface area contributed by atoms with Crippen LogP contribution in [0.5, 0.6) is 23.0 Å². The van der Waals surface area contributed by atoms with Gasteiger partial charge in [-0.3, -0.25) is 4.79 Å². The van der Waals surface area contributed by atoms with Crippen molar-refractivity contribution in [2.75, 3.05) is 21.3 Å². The number of nitrogens with zero attached hydrogens (tertiary/aromatic N) is 1. The van der Waals surface area contributed by atoms with Crippen molar-refractivity contribution in [3.8, 4) is 23.0 Å². The minimum atomic E-state index is -1.07. The molecule has 8 nitrogen and oxygen atoms in total. The lowest BCUT2D eigenvalue weighted by atomic mass is 9.98. The number of methoxy groups -OCH3 is 3. The van der Waals surface area contributed by atoms with Gasteiger partial charge in [0.25, 0.3) is 5.56 Å². The Morgan fingerprint density at radius 1 is 1.00 bits per heavy atom. The van der Waals surface area contributed by atoms with Gasteiger partial charge in [0.15, 0.2) is 17.6 Å². The van der Waals surface area contributed by atoms with E-state index in [0.29, 0.717) is 22.8 Å². The highest BCUT2D eigenvalue weighted by molar-refractivity contribution is 5.98. The molecule has 4 rings (SSSR count). The first-order valence-corrected chi connectivity index (χ1v) is 9.92. The van der Waals surface area contributed by atoms with E-state index in [1.54, 1.807) is 26.2 Å². The predicted octanol–water partition coefficient (Wildman–Crippen LogP) is 3.20. The van der Waals surface area contributed by atoms with Crippen molar-refractivity contribution < 1.29 is 28.8 Å². The number of carbonyl (C=O) groups excluding carboxylic acids is 1. The number of rotatable bonds is 6. The van der Waals surface area contributed by atoms with Crippen molar-refractivity contribution in [2.45, 2.75) is 19.6 Å². The number of carbonyl (C=O) groups is 1. The maximum Gasteiger partial charge on any atom is 0.343 e. The molecule has 8 heteroatoms. The van der Waals surface area contributed by atoms with E-state index in [-0.39, 0.29) is 29.2 Å². The summed E-state index contributed by atoms with van der Waals surface area (Å²) in [6.45, 7) is 1.95. The molecule has 166 valence electrons. The van der Waals surface area contributed by atoms with E-state index >= 15 is 0 Å². The Labute approximate surface area is 184 Å². The molecule has 0 saturated carbocycles. The molecule has 1 N–H and O–H groups in total. The smallest absolute Gasteiger partial charge is 0.343 e. The van der Waals surface area contributed by atoms with Crippen molar-refractivity contribution in [2.24, 2.45) is 0 Å². The Hall–Kier alpha value is -3.94. The molecule has 1 unspecified atom stereocenters. The summed E-state index contributed by atoms with van der Waals surface area (Å²) >= 11 is 0. The van der Waals surface area contributed by atoms with Crippen LogP contribution < -0.4 is 19.8 Å². The number of cyclic esters (lactones) is 1. The van der Waals surface area contributed by atoms with E-state index in [1.807, 2.05) is 24.3 Å². The highest BCUT2D eigenvalue weighted by Gasteiger charge is 2.39. The first kappa shape index (κ1) is 21.3. The molecule has 2 heterocycles. The lowest BCUT2D eigenvalue weighted by molar-refractivity contribution is 0.0448. The number of esters is 1. The molecule has 32 heavy (non-hydrogen) atoms. The number of hydrogen-bond acceptors (Lipinski definition) is 7. The van der Waals surface area contributed by atoms with Gasteiger partial charge in [-0.25, -0.2) is 4.79 Å². The number of fused-ring (bicyclic) bond motifs is 1. The second kappa shape index (κ2) is 8.30. The van der Waals surface area contributed by atoms with Crippen LogP contribution in [0, 0.1) is 6.92 Å². The lowest BCUT2D eigenvalue weighted by Crippen LogP contribution is -2.28. The topological polar surface area (TPSA) is 96.2 Å². The summed E-state index contributed by atoms with van der Waals surface area (Å²) in [6.07, 6.45) is -1.07. The average Bonchev–Trinajstić information content (AvgIpc) is 3.12. The largest absolute Gasteiger partial charge is 0.507 e. The molecule has 0 saturated heterocycles. The van der Waals surface area contributed by atoms with Gasteiger partial charge in [0.2, 0.25) is 0 Å². The van der Waals surface area contributed by atoms with Crippen molar-refractivity contribution in [3.63, 3.8) is 0 Å². The maximum absolute atomic E-state index is 13.5. The second-order valence-corrected chi connectivity index (χ2v) is 7.34. The van der Waals surface area contributed by atoms with Gasteiger partial charge in [-0.1, -0.05) is 24.3 Å². The molecule has 0 radical (unpaired) electrons. The third-order valence-corrected chi connectivity index (χ3v) is 5.60. The Bertz CT molecular complexity index is 1260. The van der Waals surface area contributed by atoms with E-state index in [4.69, 9.17) is 18.9 Å². The van der Waals surface area contributed by atoms with Gasteiger partial charge in [-0.15, -0.1) is 0 Å². The molecule has 0 fully saturated rings. The normalized spacial score (nSPS) is 14.6. The second-order valence-electron chi connectivity index (χ2n) is 7.34. The summed E-state index contributed by atoms with van der Waals surface area (Å²) in [5.41, 5.74) is 1.46. The van der Waals surface area contributed by atoms with Gasteiger partial charge in [-0.05, 0) is 25.1 Å². The zero-order valence-electron chi connectivity index (χ0n) is 18.2. The molecule has 0 amide bonds. The van der Waals surface area contributed by atoms with Crippen molar-refractivity contribution in [3.05, 3.63) is 80.8 Å². The Morgan fingerprint density at radius 2 is 1.72 bits per heavy atom. The summed E-state index contributed by atoms with van der Waals surface area (Å²) in [5.74, 6) is 0.326. The Kier molecular flexibility index (Phi) is 5.52.